The van der Waals surface area contributed by atoms with Crippen LogP contribution in [-0.4, -0.2) is 12.5 Å². The fraction of sp³-hybridized carbons (Fsp3) is 0.917. The third kappa shape index (κ3) is 9.56. The van der Waals surface area contributed by atoms with Gasteiger partial charge in [0.05, 0.1) is 0 Å². The molecule has 0 atom stereocenters. The molecule has 84 valence electrons. The number of unbranched alkanes of at least 4 members (excludes halogenated alkanes) is 5. The van der Waals surface area contributed by atoms with E-state index in [2.05, 4.69) is 19.2 Å². The van der Waals surface area contributed by atoms with Crippen molar-refractivity contribution in [1.82, 2.24) is 5.32 Å². The highest BCUT2D eigenvalue weighted by Crippen LogP contribution is 2.03. The Balaban J connectivity index is 0.000000249. The minimum Gasteiger partial charge on any atom is -0.356 e. The molecule has 0 radical (unpaired) electrons. The van der Waals surface area contributed by atoms with Crippen LogP contribution < -0.4 is 5.32 Å². The summed E-state index contributed by atoms with van der Waals surface area (Å²) >= 11 is 0. The molecule has 1 heterocycles. The summed E-state index contributed by atoms with van der Waals surface area (Å²) in [6.07, 6.45) is 10.3. The Morgan fingerprint density at radius 2 is 1.64 bits per heavy atom. The van der Waals surface area contributed by atoms with Gasteiger partial charge >= 0.3 is 0 Å². The van der Waals surface area contributed by atoms with Crippen molar-refractivity contribution in [3.05, 3.63) is 0 Å². The largest absolute Gasteiger partial charge is 0.356 e. The molecule has 0 spiro atoms. The van der Waals surface area contributed by atoms with Crippen LogP contribution in [0.4, 0.5) is 0 Å². The fourth-order valence-electron chi connectivity index (χ4n) is 1.42. The predicted molar refractivity (Wildman–Crippen MR) is 61.3 cm³/mol. The van der Waals surface area contributed by atoms with E-state index in [4.69, 9.17) is 0 Å². The monoisotopic (exact) mass is 199 g/mol. The molecule has 1 aliphatic rings. The zero-order valence-corrected chi connectivity index (χ0v) is 9.77. The highest BCUT2D eigenvalue weighted by atomic mass is 16.1. The quantitative estimate of drug-likeness (QED) is 0.676. The van der Waals surface area contributed by atoms with Gasteiger partial charge in [-0.25, -0.2) is 0 Å². The lowest BCUT2D eigenvalue weighted by Gasteiger charge is -1.93. The topological polar surface area (TPSA) is 29.1 Å². The van der Waals surface area contributed by atoms with Crippen molar-refractivity contribution in [1.29, 1.82) is 0 Å². The maximum absolute atomic E-state index is 10.1. The maximum atomic E-state index is 10.1. The maximum Gasteiger partial charge on any atom is 0.220 e. The van der Waals surface area contributed by atoms with E-state index < -0.39 is 0 Å². The fourth-order valence-corrected chi connectivity index (χ4v) is 1.42. The normalized spacial score (nSPS) is 14.6. The van der Waals surface area contributed by atoms with Crippen LogP contribution >= 0.6 is 0 Å². The second-order valence-electron chi connectivity index (χ2n) is 3.87. The number of rotatable bonds is 5. The third-order valence-electron chi connectivity index (χ3n) is 2.36. The minimum atomic E-state index is 0.204. The third-order valence-corrected chi connectivity index (χ3v) is 2.36. The first-order valence-corrected chi connectivity index (χ1v) is 6.08. The predicted octanol–water partition coefficient (Wildman–Crippen LogP) is 3.26. The van der Waals surface area contributed by atoms with Gasteiger partial charge in [0, 0.05) is 13.0 Å². The molecule has 1 rings (SSSR count). The average Bonchev–Trinajstić information content (AvgIpc) is 2.65. The number of carbonyl (C=O) groups is 1. The molecule has 0 bridgehead atoms. The molecular weight excluding hydrogens is 174 g/mol. The van der Waals surface area contributed by atoms with Crippen molar-refractivity contribution >= 4 is 5.91 Å². The number of nitrogens with one attached hydrogen (secondary N) is 1. The summed E-state index contributed by atoms with van der Waals surface area (Å²) in [4.78, 5) is 10.1. The molecule has 2 nitrogen and oxygen atoms in total. The summed E-state index contributed by atoms with van der Waals surface area (Å²) in [6.45, 7) is 5.40. The summed E-state index contributed by atoms with van der Waals surface area (Å²) < 4.78 is 0. The second-order valence-corrected chi connectivity index (χ2v) is 3.87. The smallest absolute Gasteiger partial charge is 0.220 e. The zero-order valence-electron chi connectivity index (χ0n) is 9.77. The van der Waals surface area contributed by atoms with E-state index in [9.17, 15) is 4.79 Å². The number of hydrogen-bond acceptors (Lipinski definition) is 1. The number of carbonyl (C=O) groups excluding carboxylic acids is 1. The van der Waals surface area contributed by atoms with Crippen molar-refractivity contribution in [2.45, 2.75) is 65.2 Å². The van der Waals surface area contributed by atoms with Crippen molar-refractivity contribution in [2.24, 2.45) is 0 Å². The van der Waals surface area contributed by atoms with Crippen molar-refractivity contribution < 1.29 is 4.79 Å². The Hall–Kier alpha value is -0.530. The molecule has 1 saturated heterocycles. The van der Waals surface area contributed by atoms with Crippen LogP contribution in [0, 0.1) is 0 Å². The first-order valence-electron chi connectivity index (χ1n) is 6.08. The average molecular weight is 199 g/mol. The van der Waals surface area contributed by atoms with Gasteiger partial charge in [-0.3, -0.25) is 4.79 Å². The van der Waals surface area contributed by atoms with E-state index in [0.717, 1.165) is 19.4 Å². The SMILES string of the molecule is CCCCCCCC.O=C1CCCN1. The van der Waals surface area contributed by atoms with Gasteiger partial charge in [0.15, 0.2) is 0 Å². The second kappa shape index (κ2) is 10.6. The minimum absolute atomic E-state index is 0.204. The van der Waals surface area contributed by atoms with Crippen LogP contribution in [0.15, 0.2) is 0 Å². The molecule has 0 aromatic heterocycles. The molecule has 0 saturated carbocycles. The molecule has 1 N–H and O–H groups in total. The Labute approximate surface area is 88.5 Å². The zero-order chi connectivity index (χ0) is 10.6. The molecule has 14 heavy (non-hydrogen) atoms. The van der Waals surface area contributed by atoms with Crippen LogP contribution in [0.3, 0.4) is 0 Å². The molecule has 2 heteroatoms. The molecule has 0 aromatic rings. The van der Waals surface area contributed by atoms with E-state index >= 15 is 0 Å². The van der Waals surface area contributed by atoms with Crippen LogP contribution in [0.1, 0.15) is 65.2 Å². The van der Waals surface area contributed by atoms with Gasteiger partial charge in [-0.15, -0.1) is 0 Å². The van der Waals surface area contributed by atoms with Crippen molar-refractivity contribution in [2.75, 3.05) is 6.54 Å². The summed E-state index contributed by atoms with van der Waals surface area (Å²) in [6, 6.07) is 0. The van der Waals surface area contributed by atoms with E-state index in [-0.39, 0.29) is 5.91 Å². The van der Waals surface area contributed by atoms with Gasteiger partial charge in [0.2, 0.25) is 5.91 Å². The van der Waals surface area contributed by atoms with Gasteiger partial charge in [-0.2, -0.15) is 0 Å². The molecule has 1 amide bonds. The van der Waals surface area contributed by atoms with Crippen molar-refractivity contribution in [3.8, 4) is 0 Å². The standard InChI is InChI=1S/C8H18.C4H7NO/c1-3-5-7-8-6-4-2;6-4-2-1-3-5-4/h3-8H2,1-2H3;1-3H2,(H,5,6). The van der Waals surface area contributed by atoms with Gasteiger partial charge < -0.3 is 5.32 Å². The van der Waals surface area contributed by atoms with Gasteiger partial charge in [-0.1, -0.05) is 52.4 Å². The molecule has 1 fully saturated rings. The summed E-state index contributed by atoms with van der Waals surface area (Å²) in [5.74, 6) is 0.204. The lowest BCUT2D eigenvalue weighted by atomic mass is 10.1. The highest BCUT2D eigenvalue weighted by molar-refractivity contribution is 5.77. The number of hydrogen-bond donors (Lipinski definition) is 1. The number of amides is 1. The summed E-state index contributed by atoms with van der Waals surface area (Å²) in [5.41, 5.74) is 0. The molecule has 0 aliphatic carbocycles. The van der Waals surface area contributed by atoms with E-state index in [1.54, 1.807) is 0 Å². The molecule has 1 aliphatic heterocycles. The Bertz CT molecular complexity index is 120. The van der Waals surface area contributed by atoms with Gasteiger partial charge in [0.1, 0.15) is 0 Å². The van der Waals surface area contributed by atoms with E-state index in [1.165, 1.54) is 38.5 Å². The Kier molecular flexibility index (Phi) is 10.2. The molecular formula is C12H25NO. The van der Waals surface area contributed by atoms with Gasteiger partial charge in [-0.05, 0) is 6.42 Å². The lowest BCUT2D eigenvalue weighted by molar-refractivity contribution is -0.119. The van der Waals surface area contributed by atoms with Crippen molar-refractivity contribution in [3.63, 3.8) is 0 Å². The van der Waals surface area contributed by atoms with E-state index in [1.807, 2.05) is 0 Å². The summed E-state index contributed by atoms with van der Waals surface area (Å²) in [5, 5.41) is 2.68. The van der Waals surface area contributed by atoms with Crippen LogP contribution in [0.2, 0.25) is 0 Å². The van der Waals surface area contributed by atoms with Gasteiger partial charge in [0.25, 0.3) is 0 Å². The lowest BCUT2D eigenvalue weighted by Crippen LogP contribution is -2.12. The van der Waals surface area contributed by atoms with Crippen LogP contribution in [0.25, 0.3) is 0 Å². The first-order chi connectivity index (χ1) is 6.81. The Morgan fingerprint density at radius 1 is 1.07 bits per heavy atom. The van der Waals surface area contributed by atoms with E-state index in [0.29, 0.717) is 0 Å². The molecule has 0 unspecified atom stereocenters. The first kappa shape index (κ1) is 13.5. The highest BCUT2D eigenvalue weighted by Gasteiger charge is 2.05. The molecule has 0 aromatic carbocycles. The summed E-state index contributed by atoms with van der Waals surface area (Å²) in [7, 11) is 0. The van der Waals surface area contributed by atoms with Crippen LogP contribution in [0.5, 0.6) is 0 Å². The van der Waals surface area contributed by atoms with Crippen LogP contribution in [-0.2, 0) is 4.79 Å². The Morgan fingerprint density at radius 3 is 1.86 bits per heavy atom.